The molecule has 0 aliphatic rings. The monoisotopic (exact) mass is 343 g/mol. The predicted molar refractivity (Wildman–Crippen MR) is 97.8 cm³/mol. The summed E-state index contributed by atoms with van der Waals surface area (Å²) >= 11 is 0. The van der Waals surface area contributed by atoms with Gasteiger partial charge in [0.05, 0.1) is 4.90 Å². The van der Waals surface area contributed by atoms with Crippen LogP contribution in [0, 0.1) is 0 Å². The molecule has 1 aromatic heterocycles. The van der Waals surface area contributed by atoms with Gasteiger partial charge < -0.3 is 9.88 Å². The average molecular weight is 343 g/mol. The maximum absolute atomic E-state index is 12.5. The summed E-state index contributed by atoms with van der Waals surface area (Å²) in [6.45, 7) is 0.937. The molecule has 3 aromatic rings. The number of nitrogens with zero attached hydrogens (tertiary/aromatic N) is 1. The minimum Gasteiger partial charge on any atom is -0.361 e. The maximum atomic E-state index is 12.5. The van der Waals surface area contributed by atoms with Crippen LogP contribution in [0.25, 0.3) is 10.9 Å². The lowest BCUT2D eigenvalue weighted by Crippen LogP contribution is -2.15. The quantitative estimate of drug-likeness (QED) is 0.723. The van der Waals surface area contributed by atoms with Crippen molar-refractivity contribution in [2.75, 3.05) is 25.4 Å². The number of aromatic nitrogens is 1. The number of hydrogen-bond donors (Lipinski definition) is 2. The Kier molecular flexibility index (Phi) is 4.59. The number of likely N-dealkylation sites (N-methyl/N-ethyl adjacent to an activating group) is 1. The van der Waals surface area contributed by atoms with E-state index in [0.29, 0.717) is 5.69 Å². The fraction of sp³-hybridized carbons (Fsp3) is 0.222. The van der Waals surface area contributed by atoms with Gasteiger partial charge in [-0.15, -0.1) is 0 Å². The Balaban J connectivity index is 1.89. The van der Waals surface area contributed by atoms with Crippen LogP contribution in [0.3, 0.4) is 0 Å². The van der Waals surface area contributed by atoms with Crippen molar-refractivity contribution in [3.05, 3.63) is 60.3 Å². The van der Waals surface area contributed by atoms with Crippen LogP contribution in [0.1, 0.15) is 5.56 Å². The summed E-state index contributed by atoms with van der Waals surface area (Å²) in [5.41, 5.74) is 2.75. The van der Waals surface area contributed by atoms with Crippen LogP contribution in [-0.2, 0) is 16.4 Å². The molecule has 0 radical (unpaired) electrons. The van der Waals surface area contributed by atoms with Gasteiger partial charge in [-0.3, -0.25) is 4.72 Å². The van der Waals surface area contributed by atoms with Gasteiger partial charge in [-0.1, -0.05) is 18.2 Å². The minimum atomic E-state index is -3.57. The molecule has 126 valence electrons. The number of aromatic amines is 1. The maximum Gasteiger partial charge on any atom is 0.261 e. The molecule has 6 heteroatoms. The summed E-state index contributed by atoms with van der Waals surface area (Å²) in [6.07, 6.45) is 2.89. The molecular formula is C18H21N3O2S. The van der Waals surface area contributed by atoms with Crippen LogP contribution in [0.15, 0.2) is 59.6 Å². The third-order valence-electron chi connectivity index (χ3n) is 3.90. The van der Waals surface area contributed by atoms with E-state index in [2.05, 4.69) is 14.6 Å². The number of hydrogen-bond acceptors (Lipinski definition) is 3. The zero-order valence-electron chi connectivity index (χ0n) is 13.8. The van der Waals surface area contributed by atoms with Crippen molar-refractivity contribution in [3.8, 4) is 0 Å². The Hall–Kier alpha value is -2.31. The first-order chi connectivity index (χ1) is 11.5. The number of rotatable bonds is 6. The van der Waals surface area contributed by atoms with E-state index in [-0.39, 0.29) is 4.90 Å². The Labute approximate surface area is 142 Å². The molecule has 1 heterocycles. The van der Waals surface area contributed by atoms with Gasteiger partial charge in [0.2, 0.25) is 0 Å². The van der Waals surface area contributed by atoms with E-state index in [1.807, 2.05) is 32.4 Å². The Morgan fingerprint density at radius 2 is 1.83 bits per heavy atom. The third kappa shape index (κ3) is 3.60. The van der Waals surface area contributed by atoms with Gasteiger partial charge in [-0.25, -0.2) is 8.42 Å². The van der Waals surface area contributed by atoms with Crippen LogP contribution >= 0.6 is 0 Å². The fourth-order valence-corrected chi connectivity index (χ4v) is 3.68. The molecule has 0 amide bonds. The summed E-state index contributed by atoms with van der Waals surface area (Å²) in [7, 11) is 0.500. The lowest BCUT2D eigenvalue weighted by Gasteiger charge is -2.10. The topological polar surface area (TPSA) is 65.2 Å². The Bertz CT molecular complexity index is 931. The molecule has 0 atom stereocenters. The molecule has 0 unspecified atom stereocenters. The van der Waals surface area contributed by atoms with Gasteiger partial charge in [0.15, 0.2) is 0 Å². The predicted octanol–water partition coefficient (Wildman–Crippen LogP) is 3.07. The SMILES string of the molecule is CN(C)CCc1c[nH]c2ccc(NS(=O)(=O)c3ccccc3)cc12. The Morgan fingerprint density at radius 1 is 1.08 bits per heavy atom. The van der Waals surface area contributed by atoms with Crippen molar-refractivity contribution in [2.45, 2.75) is 11.3 Å². The van der Waals surface area contributed by atoms with Crippen molar-refractivity contribution in [1.82, 2.24) is 9.88 Å². The van der Waals surface area contributed by atoms with Crippen LogP contribution in [0.5, 0.6) is 0 Å². The van der Waals surface area contributed by atoms with Crippen molar-refractivity contribution in [3.63, 3.8) is 0 Å². The molecule has 0 saturated heterocycles. The van der Waals surface area contributed by atoms with E-state index in [1.54, 1.807) is 36.4 Å². The molecule has 0 aliphatic heterocycles. The smallest absolute Gasteiger partial charge is 0.261 e. The highest BCUT2D eigenvalue weighted by Crippen LogP contribution is 2.24. The van der Waals surface area contributed by atoms with E-state index in [4.69, 9.17) is 0 Å². The highest BCUT2D eigenvalue weighted by Gasteiger charge is 2.14. The van der Waals surface area contributed by atoms with Gasteiger partial charge in [-0.2, -0.15) is 0 Å². The zero-order chi connectivity index (χ0) is 17.2. The minimum absolute atomic E-state index is 0.256. The van der Waals surface area contributed by atoms with Gasteiger partial charge in [0.25, 0.3) is 10.0 Å². The van der Waals surface area contributed by atoms with Crippen molar-refractivity contribution >= 4 is 26.6 Å². The second-order valence-corrected chi connectivity index (χ2v) is 7.73. The zero-order valence-corrected chi connectivity index (χ0v) is 14.6. The summed E-state index contributed by atoms with van der Waals surface area (Å²) < 4.78 is 27.6. The summed E-state index contributed by atoms with van der Waals surface area (Å²) in [4.78, 5) is 5.62. The van der Waals surface area contributed by atoms with Gasteiger partial charge in [-0.05, 0) is 56.4 Å². The van der Waals surface area contributed by atoms with Crippen LogP contribution in [-0.4, -0.2) is 38.9 Å². The van der Waals surface area contributed by atoms with Crippen molar-refractivity contribution in [2.24, 2.45) is 0 Å². The normalized spacial score (nSPS) is 12.0. The lowest BCUT2D eigenvalue weighted by atomic mass is 10.1. The first-order valence-corrected chi connectivity index (χ1v) is 9.27. The number of sulfonamides is 1. The van der Waals surface area contributed by atoms with Gasteiger partial charge in [0.1, 0.15) is 0 Å². The second-order valence-electron chi connectivity index (χ2n) is 6.05. The molecule has 5 nitrogen and oxygen atoms in total. The second kappa shape index (κ2) is 6.67. The number of anilines is 1. The number of nitrogens with one attached hydrogen (secondary N) is 2. The lowest BCUT2D eigenvalue weighted by molar-refractivity contribution is 0.414. The molecule has 0 bridgehead atoms. The Morgan fingerprint density at radius 3 is 2.54 bits per heavy atom. The van der Waals surface area contributed by atoms with E-state index in [9.17, 15) is 8.42 Å². The molecule has 2 N–H and O–H groups in total. The fourth-order valence-electron chi connectivity index (χ4n) is 2.61. The first-order valence-electron chi connectivity index (χ1n) is 7.78. The van der Waals surface area contributed by atoms with E-state index in [0.717, 1.165) is 23.9 Å². The van der Waals surface area contributed by atoms with Crippen molar-refractivity contribution < 1.29 is 8.42 Å². The number of H-pyrrole nitrogens is 1. The molecule has 0 spiro atoms. The van der Waals surface area contributed by atoms with Crippen LogP contribution in [0.2, 0.25) is 0 Å². The number of fused-ring (bicyclic) bond motifs is 1. The summed E-state index contributed by atoms with van der Waals surface area (Å²) in [6, 6.07) is 13.9. The molecule has 24 heavy (non-hydrogen) atoms. The standard InChI is InChI=1S/C18H21N3O2S/c1-21(2)11-10-14-13-19-18-9-8-15(12-17(14)18)20-24(22,23)16-6-4-3-5-7-16/h3-9,12-13,19-20H,10-11H2,1-2H3. The van der Waals surface area contributed by atoms with Gasteiger partial charge in [0, 0.05) is 29.3 Å². The van der Waals surface area contributed by atoms with E-state index >= 15 is 0 Å². The molecular weight excluding hydrogens is 322 g/mol. The summed E-state index contributed by atoms with van der Waals surface area (Å²) in [5.74, 6) is 0. The highest BCUT2D eigenvalue weighted by molar-refractivity contribution is 7.92. The molecule has 0 fully saturated rings. The molecule has 0 saturated carbocycles. The van der Waals surface area contributed by atoms with E-state index in [1.165, 1.54) is 5.56 Å². The molecule has 0 aliphatic carbocycles. The highest BCUT2D eigenvalue weighted by atomic mass is 32.2. The van der Waals surface area contributed by atoms with Gasteiger partial charge >= 0.3 is 0 Å². The molecule has 3 rings (SSSR count). The van der Waals surface area contributed by atoms with Crippen molar-refractivity contribution in [1.29, 1.82) is 0 Å². The largest absolute Gasteiger partial charge is 0.361 e. The summed E-state index contributed by atoms with van der Waals surface area (Å²) in [5, 5.41) is 1.05. The van der Waals surface area contributed by atoms with E-state index < -0.39 is 10.0 Å². The van der Waals surface area contributed by atoms with Crippen LogP contribution < -0.4 is 4.72 Å². The molecule has 2 aromatic carbocycles. The first kappa shape index (κ1) is 16.5. The third-order valence-corrected chi connectivity index (χ3v) is 5.30. The average Bonchev–Trinajstić information content (AvgIpc) is 2.96. The van der Waals surface area contributed by atoms with Crippen LogP contribution in [0.4, 0.5) is 5.69 Å². The number of benzene rings is 2.